The molecule has 0 bridgehead atoms. The van der Waals surface area contributed by atoms with Crippen LogP contribution in [0.5, 0.6) is 0 Å². The summed E-state index contributed by atoms with van der Waals surface area (Å²) in [5.74, 6) is 0.926. The Morgan fingerprint density at radius 2 is 2.08 bits per heavy atom. The van der Waals surface area contributed by atoms with Crippen molar-refractivity contribution in [2.45, 2.75) is 30.6 Å². The molecule has 4 rings (SSSR count). The van der Waals surface area contributed by atoms with Crippen LogP contribution < -0.4 is 0 Å². The Kier molecular flexibility index (Phi) is 4.22. The largest absolute Gasteiger partial charge is 0.355 e. The van der Waals surface area contributed by atoms with Gasteiger partial charge < -0.3 is 4.52 Å². The van der Waals surface area contributed by atoms with E-state index in [4.69, 9.17) is 4.52 Å². The number of piperidine rings is 1. The molecule has 9 heteroatoms. The first kappa shape index (κ1) is 16.5. The fraction of sp³-hybridized carbons (Fsp3) is 0.375. The van der Waals surface area contributed by atoms with E-state index >= 15 is 0 Å². The van der Waals surface area contributed by atoms with Crippen LogP contribution in [0.1, 0.15) is 29.3 Å². The van der Waals surface area contributed by atoms with Gasteiger partial charge >= 0.3 is 0 Å². The molecule has 25 heavy (non-hydrogen) atoms. The van der Waals surface area contributed by atoms with Crippen molar-refractivity contribution in [1.82, 2.24) is 19.7 Å². The van der Waals surface area contributed by atoms with Crippen LogP contribution in [-0.4, -0.2) is 41.2 Å². The predicted molar refractivity (Wildman–Crippen MR) is 93.9 cm³/mol. The fourth-order valence-corrected chi connectivity index (χ4v) is 6.21. The van der Waals surface area contributed by atoms with Crippen molar-refractivity contribution in [2.24, 2.45) is 0 Å². The lowest BCUT2D eigenvalue weighted by Crippen LogP contribution is -2.38. The molecule has 0 spiro atoms. The lowest BCUT2D eigenvalue weighted by molar-refractivity contribution is 0.316. The van der Waals surface area contributed by atoms with Crippen LogP contribution in [0.3, 0.4) is 0 Å². The van der Waals surface area contributed by atoms with E-state index in [-0.39, 0.29) is 0 Å². The van der Waals surface area contributed by atoms with E-state index in [0.717, 1.165) is 28.3 Å². The van der Waals surface area contributed by atoms with Crippen molar-refractivity contribution in [1.29, 1.82) is 0 Å². The van der Waals surface area contributed by atoms with E-state index in [1.807, 2.05) is 13.0 Å². The third-order valence-electron chi connectivity index (χ3n) is 4.59. The summed E-state index contributed by atoms with van der Waals surface area (Å²) in [6, 6.07) is 5.38. The summed E-state index contributed by atoms with van der Waals surface area (Å²) in [6.07, 6.45) is 4.87. The predicted octanol–water partition coefficient (Wildman–Crippen LogP) is 3.00. The molecule has 0 aliphatic carbocycles. The van der Waals surface area contributed by atoms with Crippen LogP contribution in [-0.2, 0) is 10.0 Å². The topological polar surface area (TPSA) is 92.1 Å². The van der Waals surface area contributed by atoms with Gasteiger partial charge in [0.05, 0.1) is 16.0 Å². The number of nitrogens with zero attached hydrogens (tertiary/aromatic N) is 3. The number of rotatable bonds is 4. The lowest BCUT2D eigenvalue weighted by atomic mass is 9.95. The third-order valence-corrected chi connectivity index (χ3v) is 7.81. The first-order valence-corrected chi connectivity index (χ1v) is 10.3. The number of nitrogens with one attached hydrogen (secondary N) is 1. The maximum Gasteiger partial charge on any atom is 0.244 e. The number of aryl methyl sites for hydroxylation is 1. The summed E-state index contributed by atoms with van der Waals surface area (Å²) < 4.78 is 32.8. The Morgan fingerprint density at radius 3 is 2.72 bits per heavy atom. The van der Waals surface area contributed by atoms with Gasteiger partial charge in [0.1, 0.15) is 0 Å². The van der Waals surface area contributed by atoms with E-state index in [1.54, 1.807) is 28.8 Å². The second kappa shape index (κ2) is 6.40. The van der Waals surface area contributed by atoms with Crippen LogP contribution in [0.15, 0.2) is 40.0 Å². The molecule has 0 aromatic carbocycles. The molecular formula is C16H18N4O3S2. The highest BCUT2D eigenvalue weighted by Gasteiger charge is 2.32. The van der Waals surface area contributed by atoms with Gasteiger partial charge in [-0.2, -0.15) is 9.40 Å². The number of aromatic nitrogens is 3. The molecule has 0 radical (unpaired) electrons. The highest BCUT2D eigenvalue weighted by Crippen LogP contribution is 2.36. The molecule has 3 aromatic heterocycles. The van der Waals surface area contributed by atoms with Gasteiger partial charge in [0.15, 0.2) is 5.76 Å². The molecule has 132 valence electrons. The molecular weight excluding hydrogens is 360 g/mol. The van der Waals surface area contributed by atoms with Gasteiger partial charge in [-0.3, -0.25) is 5.10 Å². The smallest absolute Gasteiger partial charge is 0.244 e. The molecule has 1 saturated heterocycles. The highest BCUT2D eigenvalue weighted by atomic mass is 32.2. The molecule has 0 atom stereocenters. The molecule has 0 amide bonds. The minimum absolute atomic E-state index is 0.335. The van der Waals surface area contributed by atoms with Gasteiger partial charge in [0, 0.05) is 41.8 Å². The SMILES string of the molecule is Cc1sc(-c2ccno2)cc1S(=O)(=O)N1CCC(c2ccn[nH]2)CC1. The number of aromatic amines is 1. The second-order valence-corrected chi connectivity index (χ2v) is 9.26. The van der Waals surface area contributed by atoms with Crippen LogP contribution in [0, 0.1) is 6.92 Å². The molecule has 0 saturated carbocycles. The lowest BCUT2D eigenvalue weighted by Gasteiger charge is -2.30. The maximum absolute atomic E-state index is 13.1. The number of hydrogen-bond donors (Lipinski definition) is 1. The molecule has 4 heterocycles. The molecule has 1 aliphatic heterocycles. The monoisotopic (exact) mass is 378 g/mol. The highest BCUT2D eigenvalue weighted by molar-refractivity contribution is 7.89. The summed E-state index contributed by atoms with van der Waals surface area (Å²) in [5, 5.41) is 10.7. The average Bonchev–Trinajstić information content (AvgIpc) is 3.36. The van der Waals surface area contributed by atoms with Gasteiger partial charge in [-0.05, 0) is 31.9 Å². The zero-order valence-corrected chi connectivity index (χ0v) is 15.3. The van der Waals surface area contributed by atoms with Crippen molar-refractivity contribution in [3.05, 3.63) is 41.2 Å². The van der Waals surface area contributed by atoms with Gasteiger partial charge in [-0.25, -0.2) is 8.42 Å². The maximum atomic E-state index is 13.1. The van der Waals surface area contributed by atoms with Crippen LogP contribution >= 0.6 is 11.3 Å². The first-order valence-electron chi connectivity index (χ1n) is 8.06. The third kappa shape index (κ3) is 3.03. The fourth-order valence-electron chi connectivity index (χ4n) is 3.23. The standard InChI is InChI=1S/C16H18N4O3S2/c1-11-16(10-15(24-11)14-3-7-18-23-14)25(21,22)20-8-4-12(5-9-20)13-2-6-17-19-13/h2-3,6-7,10,12H,4-5,8-9H2,1H3,(H,17,19). The van der Waals surface area contributed by atoms with E-state index in [2.05, 4.69) is 15.4 Å². The van der Waals surface area contributed by atoms with Crippen molar-refractivity contribution in [3.63, 3.8) is 0 Å². The van der Waals surface area contributed by atoms with E-state index < -0.39 is 10.0 Å². The number of hydrogen-bond acceptors (Lipinski definition) is 6. The minimum Gasteiger partial charge on any atom is -0.355 e. The molecule has 7 nitrogen and oxygen atoms in total. The summed E-state index contributed by atoms with van der Waals surface area (Å²) in [6.45, 7) is 2.85. The van der Waals surface area contributed by atoms with Crippen molar-refractivity contribution < 1.29 is 12.9 Å². The normalized spacial score (nSPS) is 17.2. The molecule has 1 aliphatic rings. The molecule has 1 N–H and O–H groups in total. The summed E-state index contributed by atoms with van der Waals surface area (Å²) in [7, 11) is -3.50. The Labute approximate surface area is 149 Å². The Morgan fingerprint density at radius 1 is 1.28 bits per heavy atom. The van der Waals surface area contributed by atoms with Gasteiger partial charge in [0.2, 0.25) is 10.0 Å². The van der Waals surface area contributed by atoms with Crippen LogP contribution in [0.4, 0.5) is 0 Å². The summed E-state index contributed by atoms with van der Waals surface area (Å²) in [4.78, 5) is 1.91. The van der Waals surface area contributed by atoms with Crippen LogP contribution in [0.2, 0.25) is 0 Å². The van der Waals surface area contributed by atoms with Crippen molar-refractivity contribution in [3.8, 4) is 10.6 Å². The molecule has 1 fully saturated rings. The zero-order valence-electron chi connectivity index (χ0n) is 13.7. The van der Waals surface area contributed by atoms with E-state index in [0.29, 0.717) is 29.7 Å². The van der Waals surface area contributed by atoms with Gasteiger partial charge in [-0.15, -0.1) is 11.3 Å². The van der Waals surface area contributed by atoms with E-state index in [9.17, 15) is 8.42 Å². The van der Waals surface area contributed by atoms with Crippen LogP contribution in [0.25, 0.3) is 10.6 Å². The Hall–Kier alpha value is -1.97. The Bertz CT molecular complexity index is 938. The van der Waals surface area contributed by atoms with Gasteiger partial charge in [0.25, 0.3) is 0 Å². The second-order valence-electron chi connectivity index (χ2n) is 6.10. The average molecular weight is 378 g/mol. The molecule has 0 unspecified atom stereocenters. The van der Waals surface area contributed by atoms with Crippen molar-refractivity contribution >= 4 is 21.4 Å². The Balaban J connectivity index is 1.54. The minimum atomic E-state index is -3.50. The van der Waals surface area contributed by atoms with Crippen molar-refractivity contribution in [2.75, 3.05) is 13.1 Å². The molecule has 3 aromatic rings. The first-order chi connectivity index (χ1) is 12.1. The summed E-state index contributed by atoms with van der Waals surface area (Å²) in [5.41, 5.74) is 1.08. The van der Waals surface area contributed by atoms with E-state index in [1.165, 1.54) is 11.3 Å². The number of sulfonamides is 1. The number of thiophene rings is 1. The zero-order chi connectivity index (χ0) is 17.4. The summed E-state index contributed by atoms with van der Waals surface area (Å²) >= 11 is 1.41. The van der Waals surface area contributed by atoms with Gasteiger partial charge in [-0.1, -0.05) is 5.16 Å². The number of H-pyrrole nitrogens is 1. The quantitative estimate of drug-likeness (QED) is 0.753.